The number of carbonyl (C=O) groups excluding carboxylic acids is 2. The average molecular weight is 501 g/mol. The molecule has 170 valence electrons. The van der Waals surface area contributed by atoms with Gasteiger partial charge in [-0.15, -0.1) is 0 Å². The number of hydrogen-bond donors (Lipinski definition) is 1. The molecule has 1 atom stereocenters. The molecule has 1 amide bonds. The summed E-state index contributed by atoms with van der Waals surface area (Å²) < 4.78 is 6.43. The third-order valence-electron chi connectivity index (χ3n) is 5.49. The van der Waals surface area contributed by atoms with Gasteiger partial charge in [0.1, 0.15) is 11.5 Å². The number of carbonyl (C=O) groups is 2. The van der Waals surface area contributed by atoms with E-state index in [1.165, 1.54) is 0 Å². The highest BCUT2D eigenvalue weighted by Gasteiger charge is 2.45. The second-order valence-electron chi connectivity index (χ2n) is 8.11. The Labute approximate surface area is 197 Å². The van der Waals surface area contributed by atoms with Gasteiger partial charge in [0, 0.05) is 16.6 Å². The first-order valence-corrected chi connectivity index (χ1v) is 11.5. The summed E-state index contributed by atoms with van der Waals surface area (Å²) in [5, 5.41) is 11.2. The molecule has 1 fully saturated rings. The fourth-order valence-electron chi connectivity index (χ4n) is 3.96. The lowest BCUT2D eigenvalue weighted by Crippen LogP contribution is -2.32. The van der Waals surface area contributed by atoms with E-state index >= 15 is 0 Å². The van der Waals surface area contributed by atoms with Gasteiger partial charge in [-0.05, 0) is 82.4 Å². The summed E-state index contributed by atoms with van der Waals surface area (Å²) in [6, 6.07) is 12.2. The van der Waals surface area contributed by atoms with Gasteiger partial charge in [0.15, 0.2) is 0 Å². The molecule has 0 aromatic heterocycles. The normalized spacial score (nSPS) is 17.9. The number of nitrogens with zero attached hydrogens (tertiary/aromatic N) is 2. The van der Waals surface area contributed by atoms with E-state index in [1.807, 2.05) is 63.2 Å². The molecule has 1 N–H and O–H groups in total. The van der Waals surface area contributed by atoms with Gasteiger partial charge >= 0.3 is 0 Å². The first kappa shape index (κ1) is 24.0. The number of ether oxygens (including phenoxy) is 1. The zero-order valence-electron chi connectivity index (χ0n) is 18.9. The van der Waals surface area contributed by atoms with E-state index in [9.17, 15) is 14.7 Å². The van der Waals surface area contributed by atoms with Crippen LogP contribution in [0.4, 0.5) is 0 Å². The van der Waals surface area contributed by atoms with Crippen molar-refractivity contribution in [2.45, 2.75) is 26.3 Å². The maximum atomic E-state index is 13.1. The van der Waals surface area contributed by atoms with Crippen LogP contribution in [0.3, 0.4) is 0 Å². The Hall–Kier alpha value is -2.64. The second kappa shape index (κ2) is 10.3. The smallest absolute Gasteiger partial charge is 0.295 e. The van der Waals surface area contributed by atoms with Gasteiger partial charge in [0.2, 0.25) is 0 Å². The standard InChI is InChI=1S/C25H29BrN2O4/c1-5-32-19-11-12-20(16(2)15-19)23(29)21-22(17-7-9-18(26)10-8-17)28(25(31)24(21)30)14-6-13-27(3)4/h7-12,15,22,29H,5-6,13-14H2,1-4H3/t22-/m0/s1. The fraction of sp³-hybridized carbons (Fsp3) is 0.360. The number of halogens is 1. The highest BCUT2D eigenvalue weighted by molar-refractivity contribution is 9.10. The number of Topliss-reactive ketones (excluding diaryl/α,β-unsaturated/α-hetero) is 1. The van der Waals surface area contributed by atoms with Crippen LogP contribution in [0.25, 0.3) is 5.76 Å². The number of aryl methyl sites for hydroxylation is 1. The minimum absolute atomic E-state index is 0.120. The fourth-order valence-corrected chi connectivity index (χ4v) is 4.23. The van der Waals surface area contributed by atoms with Crippen molar-refractivity contribution in [3.63, 3.8) is 0 Å². The van der Waals surface area contributed by atoms with Crippen molar-refractivity contribution < 1.29 is 19.4 Å². The van der Waals surface area contributed by atoms with Crippen LogP contribution in [0.15, 0.2) is 52.5 Å². The SMILES string of the molecule is CCOc1ccc(C(O)=C2C(=O)C(=O)N(CCCN(C)C)[C@H]2c2ccc(Br)cc2)c(C)c1. The molecule has 7 heteroatoms. The van der Waals surface area contributed by atoms with Crippen LogP contribution in [-0.2, 0) is 9.59 Å². The molecule has 0 aliphatic carbocycles. The minimum atomic E-state index is -0.659. The van der Waals surface area contributed by atoms with Crippen molar-refractivity contribution in [3.05, 3.63) is 69.2 Å². The molecule has 1 aliphatic heterocycles. The first-order chi connectivity index (χ1) is 15.2. The Morgan fingerprint density at radius 2 is 1.84 bits per heavy atom. The largest absolute Gasteiger partial charge is 0.507 e. The molecular formula is C25H29BrN2O4. The third kappa shape index (κ3) is 5.05. The van der Waals surface area contributed by atoms with Gasteiger partial charge in [-0.3, -0.25) is 9.59 Å². The molecule has 0 bridgehead atoms. The monoisotopic (exact) mass is 500 g/mol. The number of ketones is 1. The molecule has 32 heavy (non-hydrogen) atoms. The molecule has 1 saturated heterocycles. The summed E-state index contributed by atoms with van der Waals surface area (Å²) in [6.45, 7) is 5.49. The lowest BCUT2D eigenvalue weighted by Gasteiger charge is -2.26. The van der Waals surface area contributed by atoms with E-state index in [0.29, 0.717) is 24.5 Å². The zero-order valence-corrected chi connectivity index (χ0v) is 20.5. The maximum absolute atomic E-state index is 13.1. The molecule has 2 aromatic carbocycles. The van der Waals surface area contributed by atoms with E-state index in [-0.39, 0.29) is 11.3 Å². The summed E-state index contributed by atoms with van der Waals surface area (Å²) in [4.78, 5) is 29.7. The van der Waals surface area contributed by atoms with Gasteiger partial charge in [-0.1, -0.05) is 28.1 Å². The first-order valence-electron chi connectivity index (χ1n) is 10.7. The number of amides is 1. The van der Waals surface area contributed by atoms with Gasteiger partial charge < -0.3 is 19.6 Å². The molecule has 6 nitrogen and oxygen atoms in total. The molecule has 0 saturated carbocycles. The number of likely N-dealkylation sites (tertiary alicyclic amines) is 1. The Kier molecular flexibility index (Phi) is 7.74. The number of hydrogen-bond acceptors (Lipinski definition) is 5. The Morgan fingerprint density at radius 1 is 1.16 bits per heavy atom. The summed E-state index contributed by atoms with van der Waals surface area (Å²) >= 11 is 3.43. The number of benzene rings is 2. The quantitative estimate of drug-likeness (QED) is 0.327. The molecular weight excluding hydrogens is 472 g/mol. The highest BCUT2D eigenvalue weighted by Crippen LogP contribution is 2.40. The maximum Gasteiger partial charge on any atom is 0.295 e. The number of aliphatic hydroxyl groups excluding tert-OH is 1. The van der Waals surface area contributed by atoms with Crippen molar-refractivity contribution in [2.24, 2.45) is 0 Å². The lowest BCUT2D eigenvalue weighted by molar-refractivity contribution is -0.139. The Balaban J connectivity index is 2.09. The Morgan fingerprint density at radius 3 is 2.44 bits per heavy atom. The molecule has 2 aromatic rings. The number of rotatable bonds is 8. The van der Waals surface area contributed by atoms with E-state index in [4.69, 9.17) is 4.74 Å². The van der Waals surface area contributed by atoms with Crippen LogP contribution < -0.4 is 4.74 Å². The summed E-state index contributed by atoms with van der Waals surface area (Å²) in [5.41, 5.74) is 2.18. The molecule has 0 unspecified atom stereocenters. The van der Waals surface area contributed by atoms with Crippen LogP contribution in [0.1, 0.15) is 36.1 Å². The minimum Gasteiger partial charge on any atom is -0.507 e. The topological polar surface area (TPSA) is 70.1 Å². The van der Waals surface area contributed by atoms with Crippen molar-refractivity contribution in [2.75, 3.05) is 33.8 Å². The van der Waals surface area contributed by atoms with Crippen molar-refractivity contribution in [1.82, 2.24) is 9.80 Å². The van der Waals surface area contributed by atoms with Crippen LogP contribution in [0, 0.1) is 6.92 Å². The van der Waals surface area contributed by atoms with E-state index in [1.54, 1.807) is 17.0 Å². The van der Waals surface area contributed by atoms with Gasteiger partial charge in [-0.25, -0.2) is 0 Å². The van der Waals surface area contributed by atoms with Crippen LogP contribution in [0.5, 0.6) is 5.75 Å². The molecule has 1 aliphatic rings. The summed E-state index contributed by atoms with van der Waals surface area (Å²) in [6.07, 6.45) is 0.717. The van der Waals surface area contributed by atoms with Crippen molar-refractivity contribution >= 4 is 33.4 Å². The third-order valence-corrected chi connectivity index (χ3v) is 6.02. The molecule has 3 rings (SSSR count). The summed E-state index contributed by atoms with van der Waals surface area (Å²) in [5.74, 6) is -0.711. The van der Waals surface area contributed by atoms with E-state index < -0.39 is 17.7 Å². The van der Waals surface area contributed by atoms with Crippen molar-refractivity contribution in [1.29, 1.82) is 0 Å². The summed E-state index contributed by atoms with van der Waals surface area (Å²) in [7, 11) is 3.93. The second-order valence-corrected chi connectivity index (χ2v) is 9.03. The molecule has 1 heterocycles. The Bertz CT molecular complexity index is 1030. The van der Waals surface area contributed by atoms with Gasteiger partial charge in [-0.2, -0.15) is 0 Å². The van der Waals surface area contributed by atoms with Crippen LogP contribution in [-0.4, -0.2) is 60.4 Å². The predicted molar refractivity (Wildman–Crippen MR) is 129 cm³/mol. The highest BCUT2D eigenvalue weighted by atomic mass is 79.9. The van der Waals surface area contributed by atoms with Crippen LogP contribution in [0.2, 0.25) is 0 Å². The molecule has 0 spiro atoms. The van der Waals surface area contributed by atoms with Gasteiger partial charge in [0.25, 0.3) is 11.7 Å². The number of aliphatic hydroxyl groups is 1. The zero-order chi connectivity index (χ0) is 23.4. The predicted octanol–water partition coefficient (Wildman–Crippen LogP) is 4.53. The van der Waals surface area contributed by atoms with Gasteiger partial charge in [0.05, 0.1) is 18.2 Å². The van der Waals surface area contributed by atoms with E-state index in [0.717, 1.165) is 28.6 Å². The lowest BCUT2D eigenvalue weighted by atomic mass is 9.94. The molecule has 0 radical (unpaired) electrons. The van der Waals surface area contributed by atoms with E-state index in [2.05, 4.69) is 15.9 Å². The van der Waals surface area contributed by atoms with Crippen LogP contribution >= 0.6 is 15.9 Å². The average Bonchev–Trinajstić information content (AvgIpc) is 2.99. The van der Waals surface area contributed by atoms with Crippen molar-refractivity contribution in [3.8, 4) is 5.75 Å².